The smallest absolute Gasteiger partial charge is 0.416 e. The number of carbonyl (C=O) groups excluding carboxylic acids is 2. The molecular formula is C23H27NO4. The molecule has 2 amide bonds. The van der Waals surface area contributed by atoms with Gasteiger partial charge < -0.3 is 9.47 Å². The monoisotopic (exact) mass is 381 g/mol. The first kappa shape index (κ1) is 20.1. The molecule has 1 fully saturated rings. The van der Waals surface area contributed by atoms with Crippen LogP contribution in [0.4, 0.5) is 4.79 Å². The van der Waals surface area contributed by atoms with Gasteiger partial charge in [-0.05, 0) is 23.5 Å². The summed E-state index contributed by atoms with van der Waals surface area (Å²) in [6.07, 6.45) is 0.0354. The molecule has 0 spiro atoms. The Morgan fingerprint density at radius 1 is 1.07 bits per heavy atom. The van der Waals surface area contributed by atoms with Crippen molar-refractivity contribution in [3.63, 3.8) is 0 Å². The van der Waals surface area contributed by atoms with Gasteiger partial charge >= 0.3 is 6.09 Å². The third kappa shape index (κ3) is 4.98. The van der Waals surface area contributed by atoms with E-state index in [-0.39, 0.29) is 31.1 Å². The Morgan fingerprint density at radius 3 is 2.29 bits per heavy atom. The summed E-state index contributed by atoms with van der Waals surface area (Å²) in [7, 11) is 0. The summed E-state index contributed by atoms with van der Waals surface area (Å²) in [5, 5.41) is 0. The Bertz CT molecular complexity index is 776. The molecule has 2 aromatic rings. The number of nitrogens with zero attached hydrogens (tertiary/aromatic N) is 1. The van der Waals surface area contributed by atoms with E-state index in [4.69, 9.17) is 9.47 Å². The Kier molecular flexibility index (Phi) is 6.82. The number of imide groups is 1. The van der Waals surface area contributed by atoms with Gasteiger partial charge in [-0.15, -0.1) is 0 Å². The van der Waals surface area contributed by atoms with Crippen LogP contribution in [0.3, 0.4) is 0 Å². The molecule has 0 aliphatic carbocycles. The lowest BCUT2D eigenvalue weighted by atomic mass is 9.94. The maximum absolute atomic E-state index is 13.2. The molecule has 1 aliphatic heterocycles. The van der Waals surface area contributed by atoms with E-state index in [1.54, 1.807) is 0 Å². The van der Waals surface area contributed by atoms with Gasteiger partial charge in [-0.2, -0.15) is 0 Å². The highest BCUT2D eigenvalue weighted by molar-refractivity contribution is 5.95. The van der Waals surface area contributed by atoms with Gasteiger partial charge in [0.1, 0.15) is 6.61 Å². The molecule has 2 atom stereocenters. The molecule has 5 nitrogen and oxygen atoms in total. The second-order valence-corrected chi connectivity index (χ2v) is 7.48. The van der Waals surface area contributed by atoms with Crippen LogP contribution in [0.25, 0.3) is 0 Å². The predicted octanol–water partition coefficient (Wildman–Crippen LogP) is 4.07. The summed E-state index contributed by atoms with van der Waals surface area (Å²) < 4.78 is 11.0. The zero-order chi connectivity index (χ0) is 19.9. The van der Waals surface area contributed by atoms with Gasteiger partial charge in [0, 0.05) is 0 Å². The number of rotatable bonds is 8. The van der Waals surface area contributed by atoms with Crippen molar-refractivity contribution in [1.82, 2.24) is 4.90 Å². The molecule has 0 N–H and O–H groups in total. The molecule has 3 rings (SSSR count). The predicted molar refractivity (Wildman–Crippen MR) is 107 cm³/mol. The van der Waals surface area contributed by atoms with E-state index in [1.165, 1.54) is 4.90 Å². The highest BCUT2D eigenvalue weighted by atomic mass is 16.6. The van der Waals surface area contributed by atoms with Crippen LogP contribution in [0.2, 0.25) is 0 Å². The van der Waals surface area contributed by atoms with Crippen molar-refractivity contribution < 1.29 is 19.1 Å². The van der Waals surface area contributed by atoms with Crippen LogP contribution in [0.5, 0.6) is 0 Å². The van der Waals surface area contributed by atoms with E-state index >= 15 is 0 Å². The SMILES string of the molecule is CC(C)[C@@H](COCc1ccccc1)C(=O)N1C(=O)OC[C@H]1Cc1ccccc1. The van der Waals surface area contributed by atoms with E-state index in [9.17, 15) is 9.59 Å². The van der Waals surface area contributed by atoms with Gasteiger partial charge in [-0.25, -0.2) is 9.69 Å². The molecule has 0 saturated carbocycles. The fraction of sp³-hybridized carbons (Fsp3) is 0.391. The van der Waals surface area contributed by atoms with Gasteiger partial charge in [-0.1, -0.05) is 74.5 Å². The molecule has 5 heteroatoms. The molecule has 28 heavy (non-hydrogen) atoms. The van der Waals surface area contributed by atoms with Gasteiger partial charge in [0.25, 0.3) is 0 Å². The molecule has 1 heterocycles. The average molecular weight is 381 g/mol. The number of amides is 2. The zero-order valence-electron chi connectivity index (χ0n) is 16.4. The Labute approximate surface area is 166 Å². The van der Waals surface area contributed by atoms with E-state index in [0.29, 0.717) is 13.0 Å². The van der Waals surface area contributed by atoms with Crippen LogP contribution < -0.4 is 0 Å². The lowest BCUT2D eigenvalue weighted by Crippen LogP contribution is -2.46. The van der Waals surface area contributed by atoms with E-state index in [1.807, 2.05) is 74.5 Å². The number of benzene rings is 2. The molecule has 2 aromatic carbocycles. The molecule has 1 saturated heterocycles. The molecule has 0 radical (unpaired) electrons. The Morgan fingerprint density at radius 2 is 1.68 bits per heavy atom. The minimum absolute atomic E-state index is 0.0500. The number of hydrogen-bond acceptors (Lipinski definition) is 4. The van der Waals surface area contributed by atoms with Crippen molar-refractivity contribution >= 4 is 12.0 Å². The minimum atomic E-state index is -0.556. The Hall–Kier alpha value is -2.66. The summed E-state index contributed by atoms with van der Waals surface area (Å²) in [4.78, 5) is 26.8. The molecule has 1 aliphatic rings. The van der Waals surface area contributed by atoms with Crippen LogP contribution in [0.1, 0.15) is 25.0 Å². The number of carbonyl (C=O) groups is 2. The first-order chi connectivity index (χ1) is 13.6. The average Bonchev–Trinajstić information content (AvgIpc) is 3.06. The van der Waals surface area contributed by atoms with Crippen molar-refractivity contribution in [2.75, 3.05) is 13.2 Å². The lowest BCUT2D eigenvalue weighted by molar-refractivity contribution is -0.137. The number of hydrogen-bond donors (Lipinski definition) is 0. The van der Waals surface area contributed by atoms with Gasteiger partial charge in [-0.3, -0.25) is 4.79 Å². The lowest BCUT2D eigenvalue weighted by Gasteiger charge is -2.27. The van der Waals surface area contributed by atoms with Crippen LogP contribution >= 0.6 is 0 Å². The summed E-state index contributed by atoms with van der Waals surface area (Å²) in [6, 6.07) is 19.4. The van der Waals surface area contributed by atoms with E-state index in [2.05, 4.69) is 0 Å². The van der Waals surface area contributed by atoms with Crippen molar-refractivity contribution in [2.45, 2.75) is 32.9 Å². The first-order valence-corrected chi connectivity index (χ1v) is 9.71. The summed E-state index contributed by atoms with van der Waals surface area (Å²) in [6.45, 7) is 4.89. The van der Waals surface area contributed by atoms with Crippen molar-refractivity contribution in [2.24, 2.45) is 11.8 Å². The summed E-state index contributed by atoms with van der Waals surface area (Å²) in [5.74, 6) is -0.562. The largest absolute Gasteiger partial charge is 0.447 e. The molecule has 0 bridgehead atoms. The Balaban J connectivity index is 1.65. The third-order valence-corrected chi connectivity index (χ3v) is 5.04. The second-order valence-electron chi connectivity index (χ2n) is 7.48. The van der Waals surface area contributed by atoms with Gasteiger partial charge in [0.15, 0.2) is 0 Å². The molecular weight excluding hydrogens is 354 g/mol. The van der Waals surface area contributed by atoms with E-state index in [0.717, 1.165) is 11.1 Å². The highest BCUT2D eigenvalue weighted by Crippen LogP contribution is 2.23. The quantitative estimate of drug-likeness (QED) is 0.692. The number of cyclic esters (lactones) is 1. The van der Waals surface area contributed by atoms with Crippen LogP contribution in [-0.2, 0) is 27.3 Å². The van der Waals surface area contributed by atoms with Crippen molar-refractivity contribution in [3.05, 3.63) is 71.8 Å². The van der Waals surface area contributed by atoms with Gasteiger partial charge in [0.2, 0.25) is 5.91 Å². The highest BCUT2D eigenvalue weighted by Gasteiger charge is 2.41. The molecule has 0 unspecified atom stereocenters. The van der Waals surface area contributed by atoms with E-state index < -0.39 is 12.0 Å². The van der Waals surface area contributed by atoms with Crippen molar-refractivity contribution in [3.8, 4) is 0 Å². The topological polar surface area (TPSA) is 55.8 Å². The molecule has 0 aromatic heterocycles. The van der Waals surface area contributed by atoms with Crippen LogP contribution in [0.15, 0.2) is 60.7 Å². The summed E-state index contributed by atoms with van der Waals surface area (Å²) in [5.41, 5.74) is 2.13. The van der Waals surface area contributed by atoms with Crippen molar-refractivity contribution in [1.29, 1.82) is 0 Å². The second kappa shape index (κ2) is 9.51. The van der Waals surface area contributed by atoms with Crippen LogP contribution in [0, 0.1) is 11.8 Å². The number of ether oxygens (including phenoxy) is 2. The maximum Gasteiger partial charge on any atom is 0.416 e. The first-order valence-electron chi connectivity index (χ1n) is 9.71. The normalized spacial score (nSPS) is 17.6. The maximum atomic E-state index is 13.2. The zero-order valence-corrected chi connectivity index (χ0v) is 16.4. The fourth-order valence-corrected chi connectivity index (χ4v) is 3.37. The summed E-state index contributed by atoms with van der Waals surface area (Å²) >= 11 is 0. The standard InChI is InChI=1S/C23H27NO4/c1-17(2)21(16-27-14-19-11-7-4-8-12-19)22(25)24-20(15-28-23(24)26)13-18-9-5-3-6-10-18/h3-12,17,20-21H,13-16H2,1-2H3/t20-,21-/m1/s1. The molecule has 148 valence electrons. The van der Waals surface area contributed by atoms with Crippen LogP contribution in [-0.4, -0.2) is 36.2 Å². The third-order valence-electron chi connectivity index (χ3n) is 5.04. The minimum Gasteiger partial charge on any atom is -0.447 e. The fourth-order valence-electron chi connectivity index (χ4n) is 3.37. The van der Waals surface area contributed by atoms with Gasteiger partial charge in [0.05, 0.1) is 25.2 Å².